The van der Waals surface area contributed by atoms with Gasteiger partial charge < -0.3 is 14.6 Å². The molecule has 0 unspecified atom stereocenters. The van der Waals surface area contributed by atoms with Crippen molar-refractivity contribution < 1.29 is 9.90 Å². The number of hydrogen-bond donors (Lipinski definition) is 1. The minimum Gasteiger partial charge on any atom is -0.393 e. The van der Waals surface area contributed by atoms with Gasteiger partial charge in [-0.15, -0.1) is 10.2 Å². The van der Waals surface area contributed by atoms with Crippen molar-refractivity contribution in [3.05, 3.63) is 11.6 Å². The van der Waals surface area contributed by atoms with E-state index in [0.29, 0.717) is 17.7 Å². The molecule has 0 spiro atoms. The fourth-order valence-corrected chi connectivity index (χ4v) is 4.12. The Morgan fingerprint density at radius 3 is 2.60 bits per heavy atom. The maximum Gasteiger partial charge on any atom is 0.225 e. The molecule has 0 radical (unpaired) electrons. The van der Waals surface area contributed by atoms with E-state index in [1.54, 1.807) is 0 Å². The van der Waals surface area contributed by atoms with E-state index in [4.69, 9.17) is 0 Å². The lowest BCUT2D eigenvalue weighted by molar-refractivity contribution is -0.133. The number of carbonyl (C=O) groups is 1. The van der Waals surface area contributed by atoms with Crippen molar-refractivity contribution in [1.29, 1.82) is 0 Å². The molecule has 7 nitrogen and oxygen atoms in total. The number of rotatable bonds is 4. The van der Waals surface area contributed by atoms with Gasteiger partial charge in [0, 0.05) is 45.1 Å². The van der Waals surface area contributed by atoms with Crippen LogP contribution in [0.1, 0.15) is 56.1 Å². The lowest BCUT2D eigenvalue weighted by atomic mass is 9.96. The Hall–Kier alpha value is -1.47. The number of amides is 1. The van der Waals surface area contributed by atoms with Gasteiger partial charge in [-0.1, -0.05) is 0 Å². The van der Waals surface area contributed by atoms with Gasteiger partial charge in [0.25, 0.3) is 0 Å². The Labute approximate surface area is 149 Å². The van der Waals surface area contributed by atoms with Crippen molar-refractivity contribution in [3.8, 4) is 0 Å². The van der Waals surface area contributed by atoms with Gasteiger partial charge in [0.15, 0.2) is 0 Å². The number of aliphatic hydroxyl groups excluding tert-OH is 1. The van der Waals surface area contributed by atoms with Gasteiger partial charge in [0.05, 0.1) is 12.6 Å². The third-order valence-electron chi connectivity index (χ3n) is 5.95. The summed E-state index contributed by atoms with van der Waals surface area (Å²) < 4.78 is 2.13. The van der Waals surface area contributed by atoms with Gasteiger partial charge in [-0.2, -0.15) is 0 Å². The van der Waals surface area contributed by atoms with Crippen molar-refractivity contribution in [2.75, 3.05) is 26.2 Å². The summed E-state index contributed by atoms with van der Waals surface area (Å²) in [5, 5.41) is 18.5. The van der Waals surface area contributed by atoms with Gasteiger partial charge >= 0.3 is 0 Å². The first-order valence-corrected chi connectivity index (χ1v) is 9.69. The van der Waals surface area contributed by atoms with Crippen LogP contribution < -0.4 is 0 Å². The van der Waals surface area contributed by atoms with E-state index in [-0.39, 0.29) is 6.10 Å². The second-order valence-corrected chi connectivity index (χ2v) is 7.94. The Kier molecular flexibility index (Phi) is 4.78. The molecule has 0 bridgehead atoms. The first-order chi connectivity index (χ1) is 12.1. The quantitative estimate of drug-likeness (QED) is 0.875. The highest BCUT2D eigenvalue weighted by Gasteiger charge is 2.36. The zero-order chi connectivity index (χ0) is 17.4. The highest BCUT2D eigenvalue weighted by atomic mass is 16.3. The van der Waals surface area contributed by atoms with E-state index in [1.165, 1.54) is 0 Å². The van der Waals surface area contributed by atoms with Gasteiger partial charge in [0.2, 0.25) is 5.91 Å². The maximum absolute atomic E-state index is 12.4. The van der Waals surface area contributed by atoms with Crippen LogP contribution in [0.5, 0.6) is 0 Å². The van der Waals surface area contributed by atoms with Crippen molar-refractivity contribution >= 4 is 5.91 Å². The molecule has 1 aliphatic carbocycles. The monoisotopic (exact) mass is 347 g/mol. The van der Waals surface area contributed by atoms with E-state index in [9.17, 15) is 9.90 Å². The molecule has 3 fully saturated rings. The molecule has 0 aromatic carbocycles. The van der Waals surface area contributed by atoms with E-state index in [2.05, 4.69) is 19.7 Å². The first kappa shape index (κ1) is 17.0. The normalized spacial score (nSPS) is 26.2. The average Bonchev–Trinajstić information content (AvgIpc) is 3.41. The van der Waals surface area contributed by atoms with Crippen LogP contribution in [0, 0.1) is 5.92 Å². The zero-order valence-electron chi connectivity index (χ0n) is 15.1. The van der Waals surface area contributed by atoms with Crippen LogP contribution in [0.2, 0.25) is 0 Å². The molecule has 1 amide bonds. The van der Waals surface area contributed by atoms with Crippen LogP contribution in [0.3, 0.4) is 0 Å². The molecular weight excluding hydrogens is 318 g/mol. The van der Waals surface area contributed by atoms with Crippen LogP contribution in [0.15, 0.2) is 0 Å². The summed E-state index contributed by atoms with van der Waals surface area (Å²) in [6.45, 7) is 4.30. The second kappa shape index (κ2) is 7.03. The Morgan fingerprint density at radius 1 is 1.12 bits per heavy atom. The predicted molar refractivity (Wildman–Crippen MR) is 92.8 cm³/mol. The highest BCUT2D eigenvalue weighted by Crippen LogP contribution is 2.34. The molecule has 2 saturated heterocycles. The van der Waals surface area contributed by atoms with Crippen molar-refractivity contribution in [2.45, 2.75) is 57.1 Å². The number of carbonyl (C=O) groups excluding carboxylic acids is 1. The molecule has 2 aliphatic heterocycles. The fraction of sp³-hybridized carbons (Fsp3) is 0.833. The molecule has 3 heterocycles. The summed E-state index contributed by atoms with van der Waals surface area (Å²) in [7, 11) is 2.05. The minimum atomic E-state index is -0.150. The third-order valence-corrected chi connectivity index (χ3v) is 5.95. The van der Waals surface area contributed by atoms with Crippen molar-refractivity contribution in [2.24, 2.45) is 13.0 Å². The van der Waals surface area contributed by atoms with Crippen LogP contribution in [-0.2, 0) is 18.4 Å². The summed E-state index contributed by atoms with van der Waals surface area (Å²) in [6.07, 6.45) is 5.80. The number of likely N-dealkylation sites (tertiary alicyclic amines) is 2. The maximum atomic E-state index is 12.4. The standard InChI is InChI=1S/C18H29N5O2/c1-21-16(12-22-9-6-15(24)7-10-22)19-20-17(21)14-3-2-8-23(11-14)18(25)13-4-5-13/h13-15,24H,2-12H2,1H3/t14-/m1/s1. The molecule has 4 rings (SSSR count). The number of hydrogen-bond acceptors (Lipinski definition) is 5. The van der Waals surface area contributed by atoms with Crippen LogP contribution >= 0.6 is 0 Å². The largest absolute Gasteiger partial charge is 0.393 e. The van der Waals surface area contributed by atoms with Crippen LogP contribution in [0.4, 0.5) is 0 Å². The molecule has 1 N–H and O–H groups in total. The Bertz CT molecular complexity index is 619. The van der Waals surface area contributed by atoms with E-state index in [0.717, 1.165) is 82.9 Å². The Balaban J connectivity index is 1.40. The average molecular weight is 347 g/mol. The molecule has 1 saturated carbocycles. The topological polar surface area (TPSA) is 74.5 Å². The predicted octanol–water partition coefficient (Wildman–Crippen LogP) is 0.888. The summed E-state index contributed by atoms with van der Waals surface area (Å²) >= 11 is 0. The zero-order valence-corrected chi connectivity index (χ0v) is 15.1. The summed E-state index contributed by atoms with van der Waals surface area (Å²) in [6, 6.07) is 0. The van der Waals surface area contributed by atoms with Gasteiger partial charge in [0.1, 0.15) is 11.6 Å². The second-order valence-electron chi connectivity index (χ2n) is 7.94. The van der Waals surface area contributed by atoms with E-state index in [1.807, 2.05) is 11.9 Å². The fourth-order valence-electron chi connectivity index (χ4n) is 4.12. The van der Waals surface area contributed by atoms with E-state index < -0.39 is 0 Å². The molecule has 138 valence electrons. The molecule has 1 atom stereocenters. The van der Waals surface area contributed by atoms with Crippen LogP contribution in [-0.4, -0.2) is 67.9 Å². The molecule has 25 heavy (non-hydrogen) atoms. The minimum absolute atomic E-state index is 0.150. The molecular formula is C18H29N5O2. The number of aliphatic hydroxyl groups is 1. The molecule has 1 aromatic rings. The smallest absolute Gasteiger partial charge is 0.225 e. The number of nitrogens with zero attached hydrogens (tertiary/aromatic N) is 5. The molecule has 3 aliphatic rings. The van der Waals surface area contributed by atoms with Gasteiger partial charge in [-0.05, 0) is 38.5 Å². The lowest BCUT2D eigenvalue weighted by Gasteiger charge is -2.32. The molecule has 7 heteroatoms. The van der Waals surface area contributed by atoms with Crippen molar-refractivity contribution in [3.63, 3.8) is 0 Å². The summed E-state index contributed by atoms with van der Waals surface area (Å²) in [5.74, 6) is 2.94. The third kappa shape index (κ3) is 3.72. The van der Waals surface area contributed by atoms with E-state index >= 15 is 0 Å². The lowest BCUT2D eigenvalue weighted by Crippen LogP contribution is -2.40. The highest BCUT2D eigenvalue weighted by molar-refractivity contribution is 5.81. The SMILES string of the molecule is Cn1c(CN2CCC(O)CC2)nnc1[C@@H]1CCCN(C(=O)C2CC2)C1. The molecule has 1 aromatic heterocycles. The van der Waals surface area contributed by atoms with Crippen LogP contribution in [0.25, 0.3) is 0 Å². The van der Waals surface area contributed by atoms with Crippen molar-refractivity contribution in [1.82, 2.24) is 24.6 Å². The number of aromatic nitrogens is 3. The first-order valence-electron chi connectivity index (χ1n) is 9.69. The van der Waals surface area contributed by atoms with Gasteiger partial charge in [-0.25, -0.2) is 0 Å². The Morgan fingerprint density at radius 2 is 1.88 bits per heavy atom. The summed E-state index contributed by atoms with van der Waals surface area (Å²) in [4.78, 5) is 16.8. The number of piperidine rings is 2. The van der Waals surface area contributed by atoms with Gasteiger partial charge in [-0.3, -0.25) is 9.69 Å². The summed E-state index contributed by atoms with van der Waals surface area (Å²) in [5.41, 5.74) is 0.